The number of fused-ring (bicyclic) bond motifs is 1. The van der Waals surface area contributed by atoms with Crippen LogP contribution in [0.25, 0.3) is 10.9 Å². The van der Waals surface area contributed by atoms with Crippen molar-refractivity contribution in [3.63, 3.8) is 0 Å². The van der Waals surface area contributed by atoms with Crippen molar-refractivity contribution in [2.45, 2.75) is 6.92 Å². The van der Waals surface area contributed by atoms with Crippen LogP contribution in [0.4, 0.5) is 5.69 Å². The molecule has 19 heavy (non-hydrogen) atoms. The molecule has 0 aliphatic heterocycles. The number of pyridine rings is 1. The number of carboxylic acids is 1. The largest absolute Gasteiger partial charge is 0.478 e. The van der Waals surface area contributed by atoms with E-state index in [1.165, 1.54) is 24.3 Å². The van der Waals surface area contributed by atoms with Crippen LogP contribution in [0.1, 0.15) is 17.3 Å². The smallest absolute Gasteiger partial charge is 0.336 e. The maximum absolute atomic E-state index is 11.2. The molecule has 1 aromatic heterocycles. The van der Waals surface area contributed by atoms with Crippen molar-refractivity contribution in [1.29, 1.82) is 0 Å². The number of nitro groups is 1. The van der Waals surface area contributed by atoms with Crippen LogP contribution in [0.3, 0.4) is 0 Å². The molecule has 0 unspecified atom stereocenters. The lowest BCUT2D eigenvalue weighted by Gasteiger charge is -2.06. The average molecular weight is 262 g/mol. The van der Waals surface area contributed by atoms with Gasteiger partial charge < -0.3 is 9.84 Å². The normalized spacial score (nSPS) is 10.4. The van der Waals surface area contributed by atoms with E-state index in [1.54, 1.807) is 6.92 Å². The fraction of sp³-hybridized carbons (Fsp3) is 0.167. The van der Waals surface area contributed by atoms with E-state index in [9.17, 15) is 14.9 Å². The van der Waals surface area contributed by atoms with Gasteiger partial charge in [0.25, 0.3) is 5.69 Å². The van der Waals surface area contributed by atoms with Gasteiger partial charge in [0.2, 0.25) is 5.88 Å². The Balaban J connectivity index is 2.72. The molecular weight excluding hydrogens is 252 g/mol. The Hall–Kier alpha value is -2.70. The Kier molecular flexibility index (Phi) is 3.28. The lowest BCUT2D eigenvalue weighted by atomic mass is 10.1. The maximum atomic E-state index is 11.2. The molecule has 0 aliphatic rings. The predicted molar refractivity (Wildman–Crippen MR) is 66.5 cm³/mol. The van der Waals surface area contributed by atoms with Crippen molar-refractivity contribution in [1.82, 2.24) is 4.98 Å². The molecule has 7 heteroatoms. The SMILES string of the molecule is CCOc1cc(C(=O)O)c2cc([N+](=O)[O-])ccc2n1. The number of carboxylic acid groups (broad SMARTS) is 1. The molecule has 0 saturated carbocycles. The summed E-state index contributed by atoms with van der Waals surface area (Å²) in [6.45, 7) is 2.10. The van der Waals surface area contributed by atoms with Crippen LogP contribution in [0.2, 0.25) is 0 Å². The minimum atomic E-state index is -1.19. The summed E-state index contributed by atoms with van der Waals surface area (Å²) >= 11 is 0. The predicted octanol–water partition coefficient (Wildman–Crippen LogP) is 2.24. The van der Waals surface area contributed by atoms with E-state index in [-0.39, 0.29) is 22.5 Å². The Bertz CT molecular complexity index is 668. The average Bonchev–Trinajstić information content (AvgIpc) is 2.37. The van der Waals surface area contributed by atoms with E-state index in [1.807, 2.05) is 0 Å². The molecular formula is C12H10N2O5. The first kappa shape index (κ1) is 12.7. The molecule has 2 rings (SSSR count). The highest BCUT2D eigenvalue weighted by Crippen LogP contribution is 2.26. The monoisotopic (exact) mass is 262 g/mol. The van der Waals surface area contributed by atoms with E-state index in [4.69, 9.17) is 9.84 Å². The van der Waals surface area contributed by atoms with E-state index in [2.05, 4.69) is 4.98 Å². The summed E-state index contributed by atoms with van der Waals surface area (Å²) in [5.74, 6) is -1.00. The third-order valence-electron chi connectivity index (χ3n) is 2.50. The molecule has 0 amide bonds. The number of carbonyl (C=O) groups is 1. The Morgan fingerprint density at radius 3 is 2.79 bits per heavy atom. The first-order valence-corrected chi connectivity index (χ1v) is 5.48. The van der Waals surface area contributed by atoms with Gasteiger partial charge in [-0.05, 0) is 13.0 Å². The zero-order valence-electron chi connectivity index (χ0n) is 9.99. The summed E-state index contributed by atoms with van der Waals surface area (Å²) < 4.78 is 5.17. The number of rotatable bonds is 4. The molecule has 0 saturated heterocycles. The van der Waals surface area contributed by atoms with Crippen LogP contribution in [-0.2, 0) is 0 Å². The van der Waals surface area contributed by atoms with Crippen molar-refractivity contribution < 1.29 is 19.6 Å². The van der Waals surface area contributed by atoms with Gasteiger partial charge in [-0.2, -0.15) is 0 Å². The van der Waals surface area contributed by atoms with Crippen LogP contribution in [0.5, 0.6) is 5.88 Å². The van der Waals surface area contributed by atoms with Crippen molar-refractivity contribution in [3.05, 3.63) is 39.9 Å². The van der Waals surface area contributed by atoms with E-state index < -0.39 is 10.9 Å². The van der Waals surface area contributed by atoms with E-state index in [0.717, 1.165) is 0 Å². The van der Waals surface area contributed by atoms with Crippen LogP contribution in [0, 0.1) is 10.1 Å². The number of nitrogens with zero attached hydrogens (tertiary/aromatic N) is 2. The Morgan fingerprint density at radius 1 is 1.47 bits per heavy atom. The highest BCUT2D eigenvalue weighted by molar-refractivity contribution is 6.03. The van der Waals surface area contributed by atoms with E-state index >= 15 is 0 Å². The van der Waals surface area contributed by atoms with Gasteiger partial charge in [-0.3, -0.25) is 10.1 Å². The number of benzene rings is 1. The van der Waals surface area contributed by atoms with Gasteiger partial charge in [-0.25, -0.2) is 9.78 Å². The molecule has 0 spiro atoms. The summed E-state index contributed by atoms with van der Waals surface area (Å²) in [4.78, 5) is 25.4. The molecule has 98 valence electrons. The van der Waals surface area contributed by atoms with Crippen LogP contribution in [-0.4, -0.2) is 27.6 Å². The molecule has 0 atom stereocenters. The highest BCUT2D eigenvalue weighted by Gasteiger charge is 2.16. The Morgan fingerprint density at radius 2 is 2.21 bits per heavy atom. The van der Waals surface area contributed by atoms with Gasteiger partial charge in [-0.15, -0.1) is 0 Å². The first-order chi connectivity index (χ1) is 9.02. The van der Waals surface area contributed by atoms with Crippen LogP contribution >= 0.6 is 0 Å². The lowest BCUT2D eigenvalue weighted by Crippen LogP contribution is -2.02. The third-order valence-corrected chi connectivity index (χ3v) is 2.50. The summed E-state index contributed by atoms with van der Waals surface area (Å²) in [7, 11) is 0. The van der Waals surface area contributed by atoms with Gasteiger partial charge >= 0.3 is 5.97 Å². The molecule has 7 nitrogen and oxygen atoms in total. The molecule has 2 aromatic rings. The molecule has 0 fully saturated rings. The standard InChI is InChI=1S/C12H10N2O5/c1-2-19-11-6-9(12(15)16)8-5-7(14(17)18)3-4-10(8)13-11/h3-6H,2H2,1H3,(H,15,16). The molecule has 1 heterocycles. The van der Waals surface area contributed by atoms with Crippen molar-refractivity contribution >= 4 is 22.6 Å². The number of non-ortho nitro benzene ring substituents is 1. The van der Waals surface area contributed by atoms with Gasteiger partial charge in [0.05, 0.1) is 22.6 Å². The minimum absolute atomic E-state index is 0.0721. The first-order valence-electron chi connectivity index (χ1n) is 5.48. The van der Waals surface area contributed by atoms with Crippen molar-refractivity contribution in [2.24, 2.45) is 0 Å². The fourth-order valence-electron chi connectivity index (χ4n) is 1.70. The minimum Gasteiger partial charge on any atom is -0.478 e. The summed E-state index contributed by atoms with van der Waals surface area (Å²) in [5.41, 5.74) is 0.0899. The summed E-state index contributed by atoms with van der Waals surface area (Å²) in [5, 5.41) is 20.1. The quantitative estimate of drug-likeness (QED) is 0.669. The fourth-order valence-corrected chi connectivity index (χ4v) is 1.70. The number of aromatic nitrogens is 1. The molecule has 0 radical (unpaired) electrons. The second kappa shape index (κ2) is 4.89. The third kappa shape index (κ3) is 2.44. The number of aromatic carboxylic acids is 1. The second-order valence-corrected chi connectivity index (χ2v) is 3.70. The van der Waals surface area contributed by atoms with Gasteiger partial charge in [-0.1, -0.05) is 0 Å². The molecule has 0 aliphatic carbocycles. The van der Waals surface area contributed by atoms with Crippen LogP contribution in [0.15, 0.2) is 24.3 Å². The van der Waals surface area contributed by atoms with Gasteiger partial charge in [0.15, 0.2) is 0 Å². The number of hydrogen-bond acceptors (Lipinski definition) is 5. The Labute approximate surface area is 107 Å². The highest BCUT2D eigenvalue weighted by atomic mass is 16.6. The van der Waals surface area contributed by atoms with Crippen molar-refractivity contribution in [2.75, 3.05) is 6.61 Å². The number of ether oxygens (including phenoxy) is 1. The lowest BCUT2D eigenvalue weighted by molar-refractivity contribution is -0.384. The maximum Gasteiger partial charge on any atom is 0.336 e. The van der Waals surface area contributed by atoms with Gasteiger partial charge in [0, 0.05) is 23.6 Å². The van der Waals surface area contributed by atoms with E-state index in [0.29, 0.717) is 12.1 Å². The zero-order valence-corrected chi connectivity index (χ0v) is 9.99. The summed E-state index contributed by atoms with van der Waals surface area (Å²) in [6.07, 6.45) is 0. The molecule has 1 N–H and O–H groups in total. The van der Waals surface area contributed by atoms with Crippen LogP contribution < -0.4 is 4.74 Å². The number of hydrogen-bond donors (Lipinski definition) is 1. The molecule has 0 bridgehead atoms. The second-order valence-electron chi connectivity index (χ2n) is 3.70. The molecule has 1 aromatic carbocycles. The topological polar surface area (TPSA) is 103 Å². The number of nitro benzene ring substituents is 1. The van der Waals surface area contributed by atoms with Gasteiger partial charge in [0.1, 0.15) is 0 Å². The summed E-state index contributed by atoms with van der Waals surface area (Å²) in [6, 6.07) is 5.14. The zero-order chi connectivity index (χ0) is 14.0. The van der Waals surface area contributed by atoms with Crippen molar-refractivity contribution in [3.8, 4) is 5.88 Å².